The lowest BCUT2D eigenvalue weighted by Crippen LogP contribution is -2.63. The molecule has 0 aromatic heterocycles. The number of hydrogen-bond acceptors (Lipinski definition) is 7. The highest BCUT2D eigenvalue weighted by molar-refractivity contribution is 5.44. The van der Waals surface area contributed by atoms with E-state index >= 15 is 0 Å². The molecule has 3 rings (SSSR count). The Bertz CT molecular complexity index is 952. The summed E-state index contributed by atoms with van der Waals surface area (Å²) in [4.78, 5) is 0. The fraction of sp³-hybridized carbons (Fsp3) is 0.480. The number of nitriles is 1. The summed E-state index contributed by atoms with van der Waals surface area (Å²) in [7, 11) is 0. The van der Waals surface area contributed by atoms with E-state index in [1.807, 2.05) is 12.1 Å². The zero-order valence-corrected chi connectivity index (χ0v) is 18.3. The van der Waals surface area contributed by atoms with Gasteiger partial charge in [0, 0.05) is 5.56 Å². The lowest BCUT2D eigenvalue weighted by Gasteiger charge is -2.45. The number of rotatable bonds is 7. The van der Waals surface area contributed by atoms with Crippen LogP contribution in [0.2, 0.25) is 0 Å². The molecule has 0 amide bonds. The van der Waals surface area contributed by atoms with E-state index in [2.05, 4.69) is 32.0 Å². The lowest BCUT2D eigenvalue weighted by atomic mass is 9.86. The van der Waals surface area contributed by atoms with Gasteiger partial charge in [0.2, 0.25) is 5.79 Å². The first kappa shape index (κ1) is 24.3. The molecule has 1 aliphatic rings. The molecule has 0 aliphatic carbocycles. The minimum Gasteiger partial charge on any atom is -0.394 e. The Labute approximate surface area is 188 Å². The van der Waals surface area contributed by atoms with Crippen LogP contribution in [0.1, 0.15) is 48.1 Å². The summed E-state index contributed by atoms with van der Waals surface area (Å²) < 4.78 is 5.41. The fourth-order valence-corrected chi connectivity index (χ4v) is 3.96. The van der Waals surface area contributed by atoms with Crippen LogP contribution in [0.25, 0.3) is 0 Å². The van der Waals surface area contributed by atoms with E-state index in [1.165, 1.54) is 17.7 Å². The van der Waals surface area contributed by atoms with E-state index in [1.54, 1.807) is 6.07 Å². The Morgan fingerprint density at radius 1 is 1.03 bits per heavy atom. The van der Waals surface area contributed by atoms with E-state index in [4.69, 9.17) is 4.74 Å². The summed E-state index contributed by atoms with van der Waals surface area (Å²) in [6, 6.07) is 14.8. The maximum absolute atomic E-state index is 11.1. The summed E-state index contributed by atoms with van der Waals surface area (Å²) in [5.41, 5.74) is 3.37. The molecule has 1 aliphatic heterocycles. The maximum Gasteiger partial charge on any atom is 0.222 e. The molecule has 1 saturated heterocycles. The van der Waals surface area contributed by atoms with Crippen molar-refractivity contribution in [2.45, 2.75) is 63.3 Å². The smallest absolute Gasteiger partial charge is 0.222 e. The van der Waals surface area contributed by atoms with Crippen molar-refractivity contribution in [2.24, 2.45) is 5.92 Å². The third kappa shape index (κ3) is 5.02. The Balaban J connectivity index is 1.88. The van der Waals surface area contributed by atoms with Crippen LogP contribution in [0.5, 0.6) is 0 Å². The molecule has 32 heavy (non-hydrogen) atoms. The second-order valence-electron chi connectivity index (χ2n) is 8.87. The Kier molecular flexibility index (Phi) is 7.67. The van der Waals surface area contributed by atoms with Gasteiger partial charge in [-0.2, -0.15) is 5.26 Å². The largest absolute Gasteiger partial charge is 0.394 e. The molecule has 1 fully saturated rings. The van der Waals surface area contributed by atoms with E-state index in [0.717, 1.165) is 18.4 Å². The van der Waals surface area contributed by atoms with Gasteiger partial charge in [-0.05, 0) is 54.0 Å². The molecular weight excluding hydrogens is 410 g/mol. The molecule has 172 valence electrons. The summed E-state index contributed by atoms with van der Waals surface area (Å²) >= 11 is 0. The summed E-state index contributed by atoms with van der Waals surface area (Å²) in [5.74, 6) is -1.72. The number of hydrogen-bond donors (Lipinski definition) is 5. The first-order valence-corrected chi connectivity index (χ1v) is 10.9. The minimum absolute atomic E-state index is 0.122. The lowest BCUT2D eigenvalue weighted by molar-refractivity contribution is -0.357. The SMILES string of the molecule is CC(C)CCc1ccc(Cc2cc(C3(O)O[C@H](CO)[C@@H](O)[C@H](O)[C@H]3O)ccc2C#N)cc1. The van der Waals surface area contributed by atoms with Crippen molar-refractivity contribution >= 4 is 0 Å². The first-order chi connectivity index (χ1) is 15.2. The van der Waals surface area contributed by atoms with Crippen molar-refractivity contribution in [2.75, 3.05) is 6.61 Å². The summed E-state index contributed by atoms with van der Waals surface area (Å²) in [6.45, 7) is 3.72. The van der Waals surface area contributed by atoms with Crippen LogP contribution in [0.15, 0.2) is 42.5 Å². The van der Waals surface area contributed by atoms with Gasteiger partial charge >= 0.3 is 0 Å². The molecule has 0 radical (unpaired) electrons. The Morgan fingerprint density at radius 3 is 2.28 bits per heavy atom. The number of ether oxygens (including phenoxy) is 1. The number of benzene rings is 2. The average molecular weight is 442 g/mol. The molecule has 0 bridgehead atoms. The van der Waals surface area contributed by atoms with E-state index in [9.17, 15) is 30.8 Å². The van der Waals surface area contributed by atoms with Gasteiger partial charge in [-0.3, -0.25) is 0 Å². The fourth-order valence-electron chi connectivity index (χ4n) is 3.96. The van der Waals surface area contributed by atoms with Crippen LogP contribution in [0.3, 0.4) is 0 Å². The molecule has 1 unspecified atom stereocenters. The van der Waals surface area contributed by atoms with Gasteiger partial charge in [-0.1, -0.05) is 44.2 Å². The predicted molar refractivity (Wildman–Crippen MR) is 117 cm³/mol. The summed E-state index contributed by atoms with van der Waals surface area (Å²) in [6.07, 6.45) is -3.87. The molecule has 5 atom stereocenters. The van der Waals surface area contributed by atoms with Gasteiger partial charge in [0.1, 0.15) is 24.4 Å². The maximum atomic E-state index is 11.1. The van der Waals surface area contributed by atoms with Gasteiger partial charge in [0.25, 0.3) is 0 Å². The van der Waals surface area contributed by atoms with Gasteiger partial charge in [-0.15, -0.1) is 0 Å². The molecular formula is C25H31NO6. The van der Waals surface area contributed by atoms with Crippen LogP contribution in [0, 0.1) is 17.2 Å². The van der Waals surface area contributed by atoms with Gasteiger partial charge in [-0.25, -0.2) is 0 Å². The summed E-state index contributed by atoms with van der Waals surface area (Å²) in [5, 5.41) is 60.6. The Morgan fingerprint density at radius 2 is 1.69 bits per heavy atom. The van der Waals surface area contributed by atoms with E-state index in [-0.39, 0.29) is 5.56 Å². The predicted octanol–water partition coefficient (Wildman–Crippen LogP) is 1.36. The minimum atomic E-state index is -2.35. The zero-order valence-electron chi connectivity index (χ0n) is 18.3. The molecule has 0 spiro atoms. The van der Waals surface area contributed by atoms with Crippen LogP contribution >= 0.6 is 0 Å². The highest BCUT2D eigenvalue weighted by Crippen LogP contribution is 2.37. The molecule has 2 aromatic rings. The zero-order chi connectivity index (χ0) is 23.5. The third-order valence-corrected chi connectivity index (χ3v) is 6.03. The number of aliphatic hydroxyl groups excluding tert-OH is 4. The first-order valence-electron chi connectivity index (χ1n) is 10.9. The van der Waals surface area contributed by atoms with Crippen molar-refractivity contribution in [3.05, 3.63) is 70.3 Å². The van der Waals surface area contributed by atoms with Crippen LogP contribution in [-0.2, 0) is 23.4 Å². The molecule has 0 saturated carbocycles. The second-order valence-corrected chi connectivity index (χ2v) is 8.87. The molecule has 7 nitrogen and oxygen atoms in total. The molecule has 1 heterocycles. The van der Waals surface area contributed by atoms with Crippen LogP contribution in [0.4, 0.5) is 0 Å². The average Bonchev–Trinajstić information content (AvgIpc) is 2.79. The number of nitrogens with zero attached hydrogens (tertiary/aromatic N) is 1. The monoisotopic (exact) mass is 441 g/mol. The van der Waals surface area contributed by atoms with Gasteiger partial charge < -0.3 is 30.3 Å². The van der Waals surface area contributed by atoms with Crippen LogP contribution < -0.4 is 0 Å². The van der Waals surface area contributed by atoms with Crippen molar-refractivity contribution in [1.82, 2.24) is 0 Å². The highest BCUT2D eigenvalue weighted by Gasteiger charge is 2.53. The highest BCUT2D eigenvalue weighted by atomic mass is 16.7. The van der Waals surface area contributed by atoms with Crippen molar-refractivity contribution < 1.29 is 30.3 Å². The number of aryl methyl sites for hydroxylation is 1. The van der Waals surface area contributed by atoms with E-state index < -0.39 is 36.8 Å². The van der Waals surface area contributed by atoms with Crippen molar-refractivity contribution in [1.29, 1.82) is 5.26 Å². The topological polar surface area (TPSA) is 134 Å². The quantitative estimate of drug-likeness (QED) is 0.438. The van der Waals surface area contributed by atoms with Crippen molar-refractivity contribution in [3.8, 4) is 6.07 Å². The Hall–Kier alpha value is -2.31. The van der Waals surface area contributed by atoms with Crippen molar-refractivity contribution in [3.63, 3.8) is 0 Å². The second kappa shape index (κ2) is 10.1. The standard InChI is InChI=1S/C25H31NO6/c1-15(2)3-4-16-5-7-17(8-6-16)11-19-12-20(10-9-18(19)13-26)25(31)24(30)23(29)22(28)21(14-27)32-25/h5-10,12,15,21-24,27-31H,3-4,11,14H2,1-2H3/t21-,22-,23+,24-,25?/m1/s1. The van der Waals surface area contributed by atoms with Crippen LogP contribution in [-0.4, -0.2) is 56.6 Å². The normalized spacial score (nSPS) is 28.0. The molecule has 7 heteroatoms. The van der Waals surface area contributed by atoms with Gasteiger partial charge in [0.15, 0.2) is 0 Å². The van der Waals surface area contributed by atoms with E-state index in [0.29, 0.717) is 23.5 Å². The van der Waals surface area contributed by atoms with Gasteiger partial charge in [0.05, 0.1) is 18.2 Å². The number of aliphatic hydroxyl groups is 5. The molecule has 5 N–H and O–H groups in total. The third-order valence-electron chi connectivity index (χ3n) is 6.03. The molecule has 2 aromatic carbocycles.